The van der Waals surface area contributed by atoms with E-state index in [2.05, 4.69) is 4.90 Å². The van der Waals surface area contributed by atoms with Crippen molar-refractivity contribution in [3.8, 4) is 0 Å². The molecule has 1 saturated heterocycles. The fourth-order valence-corrected chi connectivity index (χ4v) is 5.68. The summed E-state index contributed by atoms with van der Waals surface area (Å²) >= 11 is 0. The van der Waals surface area contributed by atoms with E-state index in [1.54, 1.807) is 6.42 Å². The molecule has 96 valence electrons. The lowest BCUT2D eigenvalue weighted by Gasteiger charge is -2.58. The minimum absolute atomic E-state index is 0.0110. The largest absolute Gasteiger partial charge is 0.393 e. The van der Waals surface area contributed by atoms with Crippen molar-refractivity contribution < 1.29 is 5.11 Å². The second kappa shape index (κ2) is 3.96. The van der Waals surface area contributed by atoms with Crippen molar-refractivity contribution in [3.63, 3.8) is 0 Å². The molecule has 2 nitrogen and oxygen atoms in total. The quantitative estimate of drug-likeness (QED) is 0.753. The molecular formula is C15H25NO. The van der Waals surface area contributed by atoms with Gasteiger partial charge in [-0.05, 0) is 68.6 Å². The van der Waals surface area contributed by atoms with Crippen LogP contribution in [0.1, 0.15) is 44.9 Å². The van der Waals surface area contributed by atoms with Crippen molar-refractivity contribution in [2.75, 3.05) is 13.1 Å². The standard InChI is InChI=1S/C15H25NO/c17-14-1-3-16(4-2-14)15-12-6-10-5-11(8-12)9-13(15)7-10/h10-15,17H,1-9H2. The summed E-state index contributed by atoms with van der Waals surface area (Å²) in [5.41, 5.74) is 0. The first kappa shape index (κ1) is 10.8. The van der Waals surface area contributed by atoms with Crippen molar-refractivity contribution in [2.24, 2.45) is 23.7 Å². The van der Waals surface area contributed by atoms with Gasteiger partial charge in [-0.25, -0.2) is 0 Å². The third kappa shape index (κ3) is 1.76. The molecule has 1 heterocycles. The smallest absolute Gasteiger partial charge is 0.0564 e. The average Bonchev–Trinajstić information content (AvgIpc) is 2.30. The fraction of sp³-hybridized carbons (Fsp3) is 1.00. The monoisotopic (exact) mass is 235 g/mol. The van der Waals surface area contributed by atoms with E-state index < -0.39 is 0 Å². The lowest BCUT2D eigenvalue weighted by molar-refractivity contribution is -0.0789. The summed E-state index contributed by atoms with van der Waals surface area (Å²) in [7, 11) is 0. The van der Waals surface area contributed by atoms with Gasteiger partial charge in [-0.15, -0.1) is 0 Å². The molecular weight excluding hydrogens is 210 g/mol. The third-order valence-electron chi connectivity index (χ3n) is 6.10. The summed E-state index contributed by atoms with van der Waals surface area (Å²) in [5, 5.41) is 9.65. The van der Waals surface area contributed by atoms with Crippen LogP contribution in [0.2, 0.25) is 0 Å². The molecule has 4 saturated carbocycles. The van der Waals surface area contributed by atoms with Crippen molar-refractivity contribution in [1.82, 2.24) is 4.90 Å². The van der Waals surface area contributed by atoms with Gasteiger partial charge in [-0.1, -0.05) is 0 Å². The molecule has 0 radical (unpaired) electrons. The first-order valence-electron chi connectivity index (χ1n) is 7.71. The third-order valence-corrected chi connectivity index (χ3v) is 6.10. The molecule has 1 N–H and O–H groups in total. The van der Waals surface area contributed by atoms with Crippen LogP contribution in [0.5, 0.6) is 0 Å². The van der Waals surface area contributed by atoms with Crippen LogP contribution >= 0.6 is 0 Å². The van der Waals surface area contributed by atoms with Gasteiger partial charge >= 0.3 is 0 Å². The van der Waals surface area contributed by atoms with Crippen LogP contribution in [0.15, 0.2) is 0 Å². The predicted molar refractivity (Wildman–Crippen MR) is 67.6 cm³/mol. The summed E-state index contributed by atoms with van der Waals surface area (Å²) < 4.78 is 0. The summed E-state index contributed by atoms with van der Waals surface area (Å²) in [6.07, 6.45) is 9.67. The Labute approximate surface area is 104 Å². The van der Waals surface area contributed by atoms with Gasteiger partial charge in [0.25, 0.3) is 0 Å². The zero-order chi connectivity index (χ0) is 11.4. The van der Waals surface area contributed by atoms with E-state index in [1.165, 1.54) is 25.7 Å². The molecule has 0 aromatic rings. The van der Waals surface area contributed by atoms with Crippen LogP contribution < -0.4 is 0 Å². The number of nitrogens with zero attached hydrogens (tertiary/aromatic N) is 1. The van der Waals surface area contributed by atoms with E-state index >= 15 is 0 Å². The fourth-order valence-electron chi connectivity index (χ4n) is 5.68. The van der Waals surface area contributed by atoms with E-state index in [0.717, 1.165) is 55.6 Å². The molecule has 0 aromatic carbocycles. The number of likely N-dealkylation sites (tertiary alicyclic amines) is 1. The van der Waals surface area contributed by atoms with Crippen LogP contribution in [0.4, 0.5) is 0 Å². The minimum atomic E-state index is -0.0110. The van der Waals surface area contributed by atoms with Gasteiger partial charge in [0.2, 0.25) is 0 Å². The number of hydrogen-bond acceptors (Lipinski definition) is 2. The van der Waals surface area contributed by atoms with Gasteiger partial charge < -0.3 is 5.11 Å². The predicted octanol–water partition coefficient (Wildman–Crippen LogP) is 2.27. The normalized spacial score (nSPS) is 51.0. The Hall–Kier alpha value is -0.0800. The van der Waals surface area contributed by atoms with Crippen LogP contribution in [-0.4, -0.2) is 35.2 Å². The number of piperidine rings is 1. The molecule has 5 aliphatic rings. The Morgan fingerprint density at radius 1 is 0.765 bits per heavy atom. The zero-order valence-electron chi connectivity index (χ0n) is 10.7. The first-order valence-corrected chi connectivity index (χ1v) is 7.71. The summed E-state index contributed by atoms with van der Waals surface area (Å²) in [4.78, 5) is 2.75. The highest BCUT2D eigenvalue weighted by molar-refractivity contribution is 5.02. The number of aliphatic hydroxyl groups excluding tert-OH is 1. The Morgan fingerprint density at radius 3 is 1.82 bits per heavy atom. The molecule has 0 amide bonds. The van der Waals surface area contributed by atoms with Gasteiger partial charge in [0, 0.05) is 19.1 Å². The molecule has 5 rings (SSSR count). The molecule has 2 heteroatoms. The van der Waals surface area contributed by atoms with Crippen molar-refractivity contribution in [1.29, 1.82) is 0 Å². The summed E-state index contributed by atoms with van der Waals surface area (Å²) in [6.45, 7) is 2.32. The second-order valence-corrected chi connectivity index (χ2v) is 7.19. The number of hydrogen-bond donors (Lipinski definition) is 1. The molecule has 4 aliphatic carbocycles. The van der Waals surface area contributed by atoms with E-state index in [4.69, 9.17) is 0 Å². The van der Waals surface area contributed by atoms with Gasteiger partial charge in [0.05, 0.1) is 6.10 Å². The lowest BCUT2D eigenvalue weighted by Crippen LogP contribution is -2.57. The highest BCUT2D eigenvalue weighted by Crippen LogP contribution is 2.55. The average molecular weight is 235 g/mol. The van der Waals surface area contributed by atoms with Crippen LogP contribution in [0, 0.1) is 23.7 Å². The first-order chi connectivity index (χ1) is 8.29. The van der Waals surface area contributed by atoms with E-state index in [1.807, 2.05) is 0 Å². The van der Waals surface area contributed by atoms with Gasteiger partial charge in [-0.3, -0.25) is 4.90 Å². The summed E-state index contributed by atoms with van der Waals surface area (Å²) in [6, 6.07) is 0.898. The highest BCUT2D eigenvalue weighted by atomic mass is 16.3. The van der Waals surface area contributed by atoms with Crippen LogP contribution in [0.25, 0.3) is 0 Å². The molecule has 0 aromatic heterocycles. The maximum Gasteiger partial charge on any atom is 0.0564 e. The molecule has 4 bridgehead atoms. The number of aliphatic hydroxyl groups is 1. The van der Waals surface area contributed by atoms with Crippen molar-refractivity contribution >= 4 is 0 Å². The Balaban J connectivity index is 1.50. The molecule has 1 aliphatic heterocycles. The van der Waals surface area contributed by atoms with Crippen LogP contribution in [0.3, 0.4) is 0 Å². The Bertz CT molecular complexity index is 267. The number of rotatable bonds is 1. The minimum Gasteiger partial charge on any atom is -0.393 e. The molecule has 0 spiro atoms. The summed E-state index contributed by atoms with van der Waals surface area (Å²) in [5.74, 6) is 4.20. The molecule has 0 atom stereocenters. The SMILES string of the molecule is OC1CCN(C2C3CC4CC(C3)CC2C4)CC1. The second-order valence-electron chi connectivity index (χ2n) is 7.19. The maximum atomic E-state index is 9.65. The van der Waals surface area contributed by atoms with Crippen molar-refractivity contribution in [3.05, 3.63) is 0 Å². The highest BCUT2D eigenvalue weighted by Gasteiger charge is 2.50. The maximum absolute atomic E-state index is 9.65. The van der Waals surface area contributed by atoms with E-state index in [0.29, 0.717) is 0 Å². The molecule has 17 heavy (non-hydrogen) atoms. The lowest BCUT2D eigenvalue weighted by atomic mass is 9.53. The van der Waals surface area contributed by atoms with Gasteiger partial charge in [0.1, 0.15) is 0 Å². The van der Waals surface area contributed by atoms with E-state index in [-0.39, 0.29) is 6.10 Å². The molecule has 5 fully saturated rings. The Morgan fingerprint density at radius 2 is 1.29 bits per heavy atom. The van der Waals surface area contributed by atoms with Crippen LogP contribution in [-0.2, 0) is 0 Å². The topological polar surface area (TPSA) is 23.5 Å². The van der Waals surface area contributed by atoms with Crippen molar-refractivity contribution in [2.45, 2.75) is 57.1 Å². The molecule has 0 unspecified atom stereocenters. The van der Waals surface area contributed by atoms with E-state index in [9.17, 15) is 5.11 Å². The zero-order valence-corrected chi connectivity index (χ0v) is 10.7. The Kier molecular flexibility index (Phi) is 2.52. The van der Waals surface area contributed by atoms with Gasteiger partial charge in [0.15, 0.2) is 0 Å². The van der Waals surface area contributed by atoms with Gasteiger partial charge in [-0.2, -0.15) is 0 Å².